The fourth-order valence-electron chi connectivity index (χ4n) is 3.45. The molecule has 3 heteroatoms. The molecule has 92 valence electrons. The number of fused-ring (bicyclic) bond motifs is 2. The van der Waals surface area contributed by atoms with Gasteiger partial charge in [-0.25, -0.2) is 0 Å². The van der Waals surface area contributed by atoms with Gasteiger partial charge in [-0.05, 0) is 49.1 Å². The molecule has 0 spiro atoms. The number of hydrogen-bond donors (Lipinski definition) is 1. The van der Waals surface area contributed by atoms with E-state index in [2.05, 4.69) is 0 Å². The van der Waals surface area contributed by atoms with E-state index in [0.29, 0.717) is 0 Å². The van der Waals surface area contributed by atoms with Crippen molar-refractivity contribution in [3.05, 3.63) is 23.2 Å². The van der Waals surface area contributed by atoms with Crippen molar-refractivity contribution in [1.82, 2.24) is 0 Å². The maximum Gasteiger partial charge on any atom is 0.0562 e. The summed E-state index contributed by atoms with van der Waals surface area (Å²) in [7, 11) is 0. The molecule has 3 unspecified atom stereocenters. The van der Waals surface area contributed by atoms with Gasteiger partial charge in [-0.3, -0.25) is 0 Å². The van der Waals surface area contributed by atoms with Gasteiger partial charge in [0.25, 0.3) is 0 Å². The Morgan fingerprint density at radius 1 is 1.29 bits per heavy atom. The molecule has 2 fully saturated rings. The van der Waals surface area contributed by atoms with Crippen LogP contribution in [0.2, 0.25) is 5.02 Å². The molecule has 0 amide bonds. The lowest BCUT2D eigenvalue weighted by molar-refractivity contribution is 0.365. The molecule has 1 nitrogen and oxygen atoms in total. The van der Waals surface area contributed by atoms with E-state index in [1.165, 1.54) is 31.4 Å². The molecule has 0 aromatic heterocycles. The first-order valence-electron chi connectivity index (χ1n) is 6.41. The second-order valence-corrected chi connectivity index (χ2v) is 6.84. The van der Waals surface area contributed by atoms with E-state index >= 15 is 0 Å². The highest BCUT2D eigenvalue weighted by Crippen LogP contribution is 2.50. The van der Waals surface area contributed by atoms with E-state index in [4.69, 9.17) is 17.3 Å². The molecule has 0 aliphatic heterocycles. The Labute approximate surface area is 112 Å². The fraction of sp³-hybridized carbons (Fsp3) is 0.571. The zero-order valence-electron chi connectivity index (χ0n) is 9.86. The van der Waals surface area contributed by atoms with Crippen LogP contribution in [0.5, 0.6) is 0 Å². The van der Waals surface area contributed by atoms with Crippen LogP contribution in [0.4, 0.5) is 5.69 Å². The third-order valence-corrected chi connectivity index (χ3v) is 6.09. The summed E-state index contributed by atoms with van der Waals surface area (Å²) in [6.45, 7) is 0. The summed E-state index contributed by atoms with van der Waals surface area (Å²) in [5.74, 6) is 4.09. The monoisotopic (exact) mass is 267 g/mol. The number of hydrogen-bond acceptors (Lipinski definition) is 2. The summed E-state index contributed by atoms with van der Waals surface area (Å²) in [6, 6.07) is 5.79. The van der Waals surface area contributed by atoms with Crippen LogP contribution in [-0.4, -0.2) is 5.75 Å². The minimum Gasteiger partial charge on any atom is -0.398 e. The zero-order valence-corrected chi connectivity index (χ0v) is 11.4. The summed E-state index contributed by atoms with van der Waals surface area (Å²) in [5.41, 5.74) is 6.80. The van der Waals surface area contributed by atoms with Crippen molar-refractivity contribution in [1.29, 1.82) is 0 Å². The smallest absolute Gasteiger partial charge is 0.0562 e. The number of nitrogen functional groups attached to an aromatic ring is 1. The second-order valence-electron chi connectivity index (χ2n) is 5.40. The number of nitrogens with two attached hydrogens (primary N) is 1. The fourth-order valence-corrected chi connectivity index (χ4v) is 5.02. The number of rotatable bonds is 3. The van der Waals surface area contributed by atoms with E-state index in [-0.39, 0.29) is 0 Å². The first-order chi connectivity index (χ1) is 8.24. The van der Waals surface area contributed by atoms with E-state index in [9.17, 15) is 0 Å². The van der Waals surface area contributed by atoms with E-state index < -0.39 is 0 Å². The first kappa shape index (κ1) is 11.7. The normalized spacial score (nSPS) is 31.0. The predicted molar refractivity (Wildman–Crippen MR) is 75.5 cm³/mol. The molecule has 17 heavy (non-hydrogen) atoms. The van der Waals surface area contributed by atoms with E-state index in [0.717, 1.165) is 33.4 Å². The zero-order chi connectivity index (χ0) is 11.8. The van der Waals surface area contributed by atoms with Gasteiger partial charge >= 0.3 is 0 Å². The molecular formula is C14H18ClNS. The molecule has 0 saturated heterocycles. The largest absolute Gasteiger partial charge is 0.398 e. The highest BCUT2D eigenvalue weighted by Gasteiger charge is 2.39. The van der Waals surface area contributed by atoms with Crippen molar-refractivity contribution in [2.45, 2.75) is 30.6 Å². The predicted octanol–water partition coefficient (Wildman–Crippen LogP) is 4.45. The third kappa shape index (κ3) is 2.30. The number of halogens is 1. The molecule has 2 saturated carbocycles. The summed E-state index contributed by atoms with van der Waals surface area (Å²) < 4.78 is 0. The van der Waals surface area contributed by atoms with Crippen LogP contribution in [-0.2, 0) is 0 Å². The Morgan fingerprint density at radius 3 is 2.82 bits per heavy atom. The van der Waals surface area contributed by atoms with Crippen LogP contribution in [0.15, 0.2) is 23.1 Å². The van der Waals surface area contributed by atoms with Crippen molar-refractivity contribution >= 4 is 29.1 Å². The molecule has 3 atom stereocenters. The Balaban J connectivity index is 1.64. The van der Waals surface area contributed by atoms with Crippen LogP contribution < -0.4 is 5.73 Å². The lowest BCUT2D eigenvalue weighted by atomic mass is 9.90. The summed E-state index contributed by atoms with van der Waals surface area (Å²) in [6.07, 6.45) is 5.83. The van der Waals surface area contributed by atoms with Crippen molar-refractivity contribution in [3.8, 4) is 0 Å². The first-order valence-corrected chi connectivity index (χ1v) is 7.77. The van der Waals surface area contributed by atoms with Crippen molar-refractivity contribution in [2.75, 3.05) is 11.5 Å². The Kier molecular flexibility index (Phi) is 3.27. The molecular weight excluding hydrogens is 250 g/mol. The molecule has 2 bridgehead atoms. The SMILES string of the molecule is Nc1cccc(Cl)c1SCC1CC2CCC1C2. The molecule has 2 aliphatic rings. The number of benzene rings is 1. The maximum atomic E-state index is 6.19. The summed E-state index contributed by atoms with van der Waals surface area (Å²) in [5, 5.41) is 0.804. The van der Waals surface area contributed by atoms with Gasteiger partial charge < -0.3 is 5.73 Å². The summed E-state index contributed by atoms with van der Waals surface area (Å²) in [4.78, 5) is 1.08. The maximum absolute atomic E-state index is 6.19. The van der Waals surface area contributed by atoms with Gasteiger partial charge in [-0.1, -0.05) is 24.1 Å². The summed E-state index contributed by atoms with van der Waals surface area (Å²) >= 11 is 8.05. The van der Waals surface area contributed by atoms with Crippen molar-refractivity contribution in [2.24, 2.45) is 17.8 Å². The topological polar surface area (TPSA) is 26.0 Å². The van der Waals surface area contributed by atoms with Crippen LogP contribution in [0.25, 0.3) is 0 Å². The van der Waals surface area contributed by atoms with Gasteiger partial charge in [-0.15, -0.1) is 11.8 Å². The van der Waals surface area contributed by atoms with Crippen LogP contribution >= 0.6 is 23.4 Å². The Morgan fingerprint density at radius 2 is 2.18 bits per heavy atom. The molecule has 0 heterocycles. The lowest BCUT2D eigenvalue weighted by Gasteiger charge is -2.21. The third-order valence-electron chi connectivity index (χ3n) is 4.32. The highest BCUT2D eigenvalue weighted by molar-refractivity contribution is 7.99. The molecule has 2 aliphatic carbocycles. The average Bonchev–Trinajstić information content (AvgIpc) is 2.90. The Hall–Kier alpha value is -0.340. The minimum atomic E-state index is 0.804. The van der Waals surface area contributed by atoms with Gasteiger partial charge in [0.15, 0.2) is 0 Å². The van der Waals surface area contributed by atoms with Gasteiger partial charge in [0.2, 0.25) is 0 Å². The van der Waals surface area contributed by atoms with Crippen LogP contribution in [0, 0.1) is 17.8 Å². The van der Waals surface area contributed by atoms with Gasteiger partial charge in [-0.2, -0.15) is 0 Å². The average molecular weight is 268 g/mol. The molecule has 1 aromatic carbocycles. The minimum absolute atomic E-state index is 0.804. The van der Waals surface area contributed by atoms with E-state index in [1.54, 1.807) is 0 Å². The van der Waals surface area contributed by atoms with Gasteiger partial charge in [0.05, 0.1) is 5.02 Å². The number of anilines is 1. The van der Waals surface area contributed by atoms with Crippen molar-refractivity contribution in [3.63, 3.8) is 0 Å². The molecule has 0 radical (unpaired) electrons. The molecule has 1 aromatic rings. The Bertz CT molecular complexity index is 400. The molecule has 3 rings (SSSR count). The van der Waals surface area contributed by atoms with Gasteiger partial charge in [0.1, 0.15) is 0 Å². The van der Waals surface area contributed by atoms with Crippen LogP contribution in [0.3, 0.4) is 0 Å². The molecule has 2 N–H and O–H groups in total. The quantitative estimate of drug-likeness (QED) is 0.647. The van der Waals surface area contributed by atoms with E-state index in [1.807, 2.05) is 30.0 Å². The number of thioether (sulfide) groups is 1. The second kappa shape index (κ2) is 4.74. The standard InChI is InChI=1S/C14H18ClNS/c15-12-2-1-3-13(16)14(12)17-8-11-7-9-4-5-10(11)6-9/h1-3,9-11H,4-8,16H2. The van der Waals surface area contributed by atoms with Gasteiger partial charge in [0, 0.05) is 16.3 Å². The lowest BCUT2D eigenvalue weighted by Crippen LogP contribution is -2.12. The highest BCUT2D eigenvalue weighted by atomic mass is 35.5. The van der Waals surface area contributed by atoms with Crippen LogP contribution in [0.1, 0.15) is 25.7 Å². The van der Waals surface area contributed by atoms with Crippen molar-refractivity contribution < 1.29 is 0 Å².